The lowest BCUT2D eigenvalue weighted by Gasteiger charge is -2.25. The number of amides is 4. The van der Waals surface area contributed by atoms with Gasteiger partial charge in [0.05, 0.1) is 18.8 Å². The Morgan fingerprint density at radius 3 is 1.84 bits per heavy atom. The number of aliphatic hydroxyl groups excluding tert-OH is 2. The molecule has 0 fully saturated rings. The molecular formula is C17H29N5O10. The predicted molar refractivity (Wildman–Crippen MR) is 105 cm³/mol. The highest BCUT2D eigenvalue weighted by molar-refractivity contribution is 5.94. The van der Waals surface area contributed by atoms with E-state index >= 15 is 0 Å². The average Bonchev–Trinajstić information content (AvgIpc) is 2.69. The van der Waals surface area contributed by atoms with Crippen molar-refractivity contribution in [2.75, 3.05) is 6.61 Å². The normalized spacial score (nSPS) is 15.4. The standard InChI is InChI=1S/C17H29N5O10/c1-7(24)13(22-14(28)8(18)2-4-11(19)25)16(30)21-10(6-23)15(29)20-9(17(31)32)3-5-12(26)27/h7-10,13,23-24H,2-6,18H2,1H3,(H2,19,25)(H,20,29)(H,21,30)(H,22,28)(H,26,27)(H,31,32). The summed E-state index contributed by atoms with van der Waals surface area (Å²) >= 11 is 0. The van der Waals surface area contributed by atoms with Gasteiger partial charge in [-0.05, 0) is 19.8 Å². The zero-order valence-electron chi connectivity index (χ0n) is 17.3. The smallest absolute Gasteiger partial charge is 0.326 e. The quantitative estimate of drug-likeness (QED) is 0.111. The van der Waals surface area contributed by atoms with Gasteiger partial charge in [0.15, 0.2) is 0 Å². The number of hydrogen-bond donors (Lipinski definition) is 9. The fourth-order valence-corrected chi connectivity index (χ4v) is 2.35. The molecule has 5 unspecified atom stereocenters. The number of hydrogen-bond acceptors (Lipinski definition) is 9. The molecule has 0 aliphatic heterocycles. The van der Waals surface area contributed by atoms with Crippen LogP contribution in [-0.2, 0) is 28.8 Å². The summed E-state index contributed by atoms with van der Waals surface area (Å²) in [5.74, 6) is -6.63. The summed E-state index contributed by atoms with van der Waals surface area (Å²) in [6.07, 6.45) is -2.78. The summed E-state index contributed by atoms with van der Waals surface area (Å²) in [7, 11) is 0. The highest BCUT2D eigenvalue weighted by Crippen LogP contribution is 2.02. The number of carbonyl (C=O) groups is 6. The van der Waals surface area contributed by atoms with Crippen LogP contribution in [0.5, 0.6) is 0 Å². The Morgan fingerprint density at radius 1 is 0.844 bits per heavy atom. The first-order chi connectivity index (χ1) is 14.8. The number of aliphatic hydroxyl groups is 2. The molecule has 0 aromatic carbocycles. The van der Waals surface area contributed by atoms with Crippen LogP contribution in [0.2, 0.25) is 0 Å². The number of nitrogens with one attached hydrogen (secondary N) is 3. The molecule has 0 heterocycles. The van der Waals surface area contributed by atoms with Crippen LogP contribution in [-0.4, -0.2) is 92.9 Å². The highest BCUT2D eigenvalue weighted by atomic mass is 16.4. The van der Waals surface area contributed by atoms with Crippen LogP contribution in [0, 0.1) is 0 Å². The van der Waals surface area contributed by atoms with Crippen LogP contribution >= 0.6 is 0 Å². The minimum Gasteiger partial charge on any atom is -0.481 e. The molecule has 15 heteroatoms. The van der Waals surface area contributed by atoms with Crippen molar-refractivity contribution in [1.29, 1.82) is 0 Å². The van der Waals surface area contributed by atoms with Gasteiger partial charge in [0.2, 0.25) is 23.6 Å². The largest absolute Gasteiger partial charge is 0.481 e. The van der Waals surface area contributed by atoms with Crippen LogP contribution in [0.4, 0.5) is 0 Å². The van der Waals surface area contributed by atoms with Crippen LogP contribution in [0.15, 0.2) is 0 Å². The lowest BCUT2D eigenvalue weighted by molar-refractivity contribution is -0.143. The summed E-state index contributed by atoms with van der Waals surface area (Å²) in [4.78, 5) is 69.3. The van der Waals surface area contributed by atoms with Crippen molar-refractivity contribution in [1.82, 2.24) is 16.0 Å². The molecule has 0 aliphatic rings. The first-order valence-electron chi connectivity index (χ1n) is 9.48. The molecule has 5 atom stereocenters. The van der Waals surface area contributed by atoms with E-state index in [0.29, 0.717) is 0 Å². The Morgan fingerprint density at radius 2 is 1.41 bits per heavy atom. The molecule has 0 radical (unpaired) electrons. The molecule has 0 aromatic rings. The molecule has 15 nitrogen and oxygen atoms in total. The van der Waals surface area contributed by atoms with Gasteiger partial charge < -0.3 is 47.8 Å². The summed E-state index contributed by atoms with van der Waals surface area (Å²) in [5.41, 5.74) is 10.6. The monoisotopic (exact) mass is 463 g/mol. The van der Waals surface area contributed by atoms with E-state index in [1.54, 1.807) is 0 Å². The zero-order valence-corrected chi connectivity index (χ0v) is 17.3. The number of carboxylic acid groups (broad SMARTS) is 2. The van der Waals surface area contributed by atoms with E-state index in [1.807, 2.05) is 5.32 Å². The van der Waals surface area contributed by atoms with Crippen LogP contribution < -0.4 is 27.4 Å². The topological polar surface area (TPSA) is 271 Å². The average molecular weight is 463 g/mol. The number of primary amides is 1. The zero-order chi connectivity index (χ0) is 25.0. The van der Waals surface area contributed by atoms with E-state index in [1.165, 1.54) is 0 Å². The molecule has 0 spiro atoms. The maximum absolute atomic E-state index is 12.4. The minimum absolute atomic E-state index is 0.121. The summed E-state index contributed by atoms with van der Waals surface area (Å²) in [5, 5.41) is 43.1. The van der Waals surface area contributed by atoms with E-state index in [9.17, 15) is 39.0 Å². The predicted octanol–water partition coefficient (Wildman–Crippen LogP) is -4.64. The van der Waals surface area contributed by atoms with Crippen molar-refractivity contribution in [2.24, 2.45) is 11.5 Å². The van der Waals surface area contributed by atoms with E-state index in [2.05, 4.69) is 10.6 Å². The van der Waals surface area contributed by atoms with Crippen molar-refractivity contribution < 1.29 is 49.2 Å². The minimum atomic E-state index is -1.67. The highest BCUT2D eigenvalue weighted by Gasteiger charge is 2.32. The van der Waals surface area contributed by atoms with Gasteiger partial charge in [0, 0.05) is 12.8 Å². The maximum atomic E-state index is 12.4. The summed E-state index contributed by atoms with van der Waals surface area (Å²) in [6.45, 7) is 0.182. The van der Waals surface area contributed by atoms with Crippen LogP contribution in [0.25, 0.3) is 0 Å². The van der Waals surface area contributed by atoms with Crippen LogP contribution in [0.1, 0.15) is 32.6 Å². The number of carbonyl (C=O) groups excluding carboxylic acids is 4. The number of aliphatic carboxylic acids is 2. The molecule has 0 rings (SSSR count). The lowest BCUT2D eigenvalue weighted by atomic mass is 10.1. The fraction of sp³-hybridized carbons (Fsp3) is 0.647. The van der Waals surface area contributed by atoms with E-state index in [4.69, 9.17) is 21.7 Å². The Kier molecular flexibility index (Phi) is 12.5. The second kappa shape index (κ2) is 13.9. The molecule has 32 heavy (non-hydrogen) atoms. The Hall–Kier alpha value is -3.30. The van der Waals surface area contributed by atoms with Gasteiger partial charge in [-0.3, -0.25) is 24.0 Å². The number of carboxylic acids is 2. The molecule has 0 bridgehead atoms. The van der Waals surface area contributed by atoms with E-state index in [0.717, 1.165) is 6.92 Å². The lowest BCUT2D eigenvalue weighted by Crippen LogP contribution is -2.60. The Bertz CT molecular complexity index is 714. The molecule has 0 saturated heterocycles. The van der Waals surface area contributed by atoms with E-state index in [-0.39, 0.29) is 12.8 Å². The Labute approximate surface area is 182 Å². The first-order valence-corrected chi connectivity index (χ1v) is 9.48. The first kappa shape index (κ1) is 28.7. The third kappa shape index (κ3) is 10.6. The van der Waals surface area contributed by atoms with Gasteiger partial charge in [-0.15, -0.1) is 0 Å². The SMILES string of the molecule is CC(O)C(NC(=O)C(N)CCC(N)=O)C(=O)NC(CO)C(=O)NC(CCC(=O)O)C(=O)O. The van der Waals surface area contributed by atoms with Crippen molar-refractivity contribution in [3.05, 3.63) is 0 Å². The molecule has 0 saturated carbocycles. The maximum Gasteiger partial charge on any atom is 0.326 e. The van der Waals surface area contributed by atoms with Crippen molar-refractivity contribution >= 4 is 35.6 Å². The van der Waals surface area contributed by atoms with Crippen molar-refractivity contribution in [3.8, 4) is 0 Å². The van der Waals surface area contributed by atoms with Gasteiger partial charge in [-0.2, -0.15) is 0 Å². The van der Waals surface area contributed by atoms with Gasteiger partial charge in [-0.1, -0.05) is 0 Å². The summed E-state index contributed by atoms with van der Waals surface area (Å²) in [6, 6.07) is -6.10. The van der Waals surface area contributed by atoms with E-state index < -0.39 is 85.3 Å². The second-order valence-corrected chi connectivity index (χ2v) is 6.91. The fourth-order valence-electron chi connectivity index (χ4n) is 2.35. The van der Waals surface area contributed by atoms with Crippen molar-refractivity contribution in [3.63, 3.8) is 0 Å². The third-order valence-corrected chi connectivity index (χ3v) is 4.18. The molecule has 182 valence electrons. The van der Waals surface area contributed by atoms with Gasteiger partial charge >= 0.3 is 11.9 Å². The van der Waals surface area contributed by atoms with Gasteiger partial charge in [0.1, 0.15) is 18.1 Å². The molecule has 4 amide bonds. The molecule has 0 aliphatic carbocycles. The second-order valence-electron chi connectivity index (χ2n) is 6.91. The Balaban J connectivity index is 5.14. The number of nitrogens with two attached hydrogens (primary N) is 2. The van der Waals surface area contributed by atoms with Gasteiger partial charge in [-0.25, -0.2) is 4.79 Å². The number of rotatable bonds is 15. The molecule has 0 aromatic heterocycles. The van der Waals surface area contributed by atoms with Crippen molar-refractivity contribution in [2.45, 2.75) is 62.9 Å². The summed E-state index contributed by atoms with van der Waals surface area (Å²) < 4.78 is 0. The van der Waals surface area contributed by atoms with Crippen LogP contribution in [0.3, 0.4) is 0 Å². The third-order valence-electron chi connectivity index (χ3n) is 4.18. The molecular weight excluding hydrogens is 434 g/mol. The molecule has 11 N–H and O–H groups in total. The van der Waals surface area contributed by atoms with Gasteiger partial charge in [0.25, 0.3) is 0 Å².